The number of benzene rings is 5. The summed E-state index contributed by atoms with van der Waals surface area (Å²) in [7, 11) is 26.0. The number of hydrogen-bond donors (Lipinski definition) is 0. The van der Waals surface area contributed by atoms with Crippen LogP contribution in [0.3, 0.4) is 0 Å². The summed E-state index contributed by atoms with van der Waals surface area (Å²) in [5, 5.41) is 1.35. The van der Waals surface area contributed by atoms with Crippen LogP contribution in [0.2, 0.25) is 6.55 Å². The Hall–Kier alpha value is -3.14. The van der Waals surface area contributed by atoms with Crippen LogP contribution in [-0.4, -0.2) is 34.1 Å². The van der Waals surface area contributed by atoms with Gasteiger partial charge in [-0.2, -0.15) is 0 Å². The van der Waals surface area contributed by atoms with Crippen LogP contribution in [0.1, 0.15) is 43.4 Å². The monoisotopic (exact) mass is 777 g/mol. The molecule has 0 aliphatic heterocycles. The van der Waals surface area contributed by atoms with E-state index in [0.717, 1.165) is 0 Å². The van der Waals surface area contributed by atoms with Crippen LogP contribution in [0.4, 0.5) is 11.4 Å². The molecule has 0 spiro atoms. The Balaban J connectivity index is 1.45. The molecule has 3 atom stereocenters. The predicted molar refractivity (Wildman–Crippen MR) is 216 cm³/mol. The number of fused-ring (bicyclic) bond motifs is 2. The second kappa shape index (κ2) is 12.9. The van der Waals surface area contributed by atoms with Gasteiger partial charge in [0.15, 0.2) is 0 Å². The van der Waals surface area contributed by atoms with Gasteiger partial charge in [-0.05, 0) is 0 Å². The fourth-order valence-corrected chi connectivity index (χ4v) is 50.9. The summed E-state index contributed by atoms with van der Waals surface area (Å²) in [4.78, 5) is 4.32. The molecule has 0 aromatic heterocycles. The SMILES string of the molecule is CC1=Cc2c(-c3cccc(N(C)C)c3)cccc2[CH]1[Zr]([Cl])([Cl])([CH]1C(C)=Cc2c(-c3cccc(N(C)C)c3)cccc21)[SiH](C)c1ccccc1. The average Bonchev–Trinajstić information content (AvgIpc) is 3.65. The molecule has 3 unspecified atom stereocenters. The summed E-state index contributed by atoms with van der Waals surface area (Å²) >= 11 is -5.08. The summed E-state index contributed by atoms with van der Waals surface area (Å²) in [6, 6.07) is 42.2. The van der Waals surface area contributed by atoms with Crippen molar-refractivity contribution in [2.24, 2.45) is 0 Å². The Morgan fingerprint density at radius 1 is 0.551 bits per heavy atom. The zero-order valence-corrected chi connectivity index (χ0v) is 34.6. The molecular formula is C43H45Cl2N2SiZr. The molecule has 2 aliphatic rings. The molecule has 5 aromatic carbocycles. The molecular weight excluding hydrogens is 735 g/mol. The third kappa shape index (κ3) is 5.64. The van der Waals surface area contributed by atoms with Crippen molar-refractivity contribution in [1.29, 1.82) is 0 Å². The first kappa shape index (κ1) is 34.3. The molecule has 2 aliphatic carbocycles. The Morgan fingerprint density at radius 2 is 0.980 bits per heavy atom. The predicted octanol–water partition coefficient (Wildman–Crippen LogP) is 11.0. The van der Waals surface area contributed by atoms with Gasteiger partial charge in [0, 0.05) is 0 Å². The van der Waals surface area contributed by atoms with E-state index in [4.69, 9.17) is 17.0 Å². The van der Waals surface area contributed by atoms with Gasteiger partial charge in [-0.3, -0.25) is 0 Å². The van der Waals surface area contributed by atoms with Gasteiger partial charge in [-0.15, -0.1) is 0 Å². The summed E-state index contributed by atoms with van der Waals surface area (Å²) in [5.41, 5.74) is 15.0. The van der Waals surface area contributed by atoms with Gasteiger partial charge in [-0.25, -0.2) is 0 Å². The van der Waals surface area contributed by atoms with E-state index in [0.29, 0.717) is 0 Å². The van der Waals surface area contributed by atoms with Crippen LogP contribution in [0.15, 0.2) is 126 Å². The molecule has 49 heavy (non-hydrogen) atoms. The average molecular weight is 780 g/mol. The standard InChI is InChI=1S/2C18H18N.C7H9Si.2ClH.Zr/c2*1-13-10-14-7-5-9-17(18(14)11-13)15-6-4-8-16(12-15)19(2)3;1-8-7-5-3-2-4-6-7;;;/h2*4-12H,1-3H3;2-6,8H,1H3;2*1H;/q;;;;;+2/p-2. The maximum atomic E-state index is 8.81. The van der Waals surface area contributed by atoms with Crippen molar-refractivity contribution >= 4 is 51.7 Å². The molecule has 0 amide bonds. The molecule has 0 bridgehead atoms. The summed E-state index contributed by atoms with van der Waals surface area (Å²) in [5.74, 6) is -1.98. The van der Waals surface area contributed by atoms with Crippen molar-refractivity contribution in [3.63, 3.8) is 0 Å². The Labute approximate surface area is 301 Å². The summed E-state index contributed by atoms with van der Waals surface area (Å²) in [6.45, 7) is 7.02. The number of anilines is 2. The second-order valence-corrected chi connectivity index (χ2v) is 54.7. The molecule has 0 saturated heterocycles. The topological polar surface area (TPSA) is 6.48 Å². The van der Waals surface area contributed by atoms with Crippen molar-refractivity contribution in [3.8, 4) is 22.3 Å². The first-order valence-electron chi connectivity index (χ1n) is 17.2. The molecule has 2 nitrogen and oxygen atoms in total. The molecule has 0 fully saturated rings. The minimum atomic E-state index is -5.08. The van der Waals surface area contributed by atoms with E-state index >= 15 is 0 Å². The van der Waals surface area contributed by atoms with Crippen LogP contribution in [0, 0.1) is 0 Å². The summed E-state index contributed by atoms with van der Waals surface area (Å²) in [6.07, 6.45) is 4.81. The van der Waals surface area contributed by atoms with E-state index in [2.05, 4.69) is 186 Å². The molecule has 249 valence electrons. The molecule has 5 aromatic rings. The number of hydrogen-bond acceptors (Lipinski definition) is 2. The fraction of sp³-hybridized carbons (Fsp3) is 0.209. The zero-order chi connectivity index (χ0) is 34.7. The van der Waals surface area contributed by atoms with Gasteiger partial charge < -0.3 is 0 Å². The third-order valence-corrected chi connectivity index (χ3v) is 58.8. The molecule has 6 heteroatoms. The normalized spacial score (nSPS) is 18.1. The second-order valence-electron chi connectivity index (χ2n) is 14.5. The molecule has 0 radical (unpaired) electrons. The number of allylic oxidation sites excluding steroid dienone is 2. The number of rotatable bonds is 8. The van der Waals surface area contributed by atoms with Crippen molar-refractivity contribution in [1.82, 2.24) is 0 Å². The van der Waals surface area contributed by atoms with Gasteiger partial charge in [0.1, 0.15) is 0 Å². The molecule has 0 saturated carbocycles. The number of halogens is 2. The van der Waals surface area contributed by atoms with Gasteiger partial charge in [0.2, 0.25) is 0 Å². The third-order valence-electron chi connectivity index (χ3n) is 11.1. The Kier molecular flexibility index (Phi) is 9.02. The van der Waals surface area contributed by atoms with E-state index in [1.807, 2.05) is 0 Å². The molecule has 7 rings (SSSR count). The van der Waals surface area contributed by atoms with Crippen molar-refractivity contribution in [3.05, 3.63) is 149 Å². The van der Waals surface area contributed by atoms with Crippen LogP contribution >= 0.6 is 17.0 Å². The van der Waals surface area contributed by atoms with E-state index < -0.39 is 21.5 Å². The van der Waals surface area contributed by atoms with Crippen LogP contribution in [0.25, 0.3) is 34.4 Å². The van der Waals surface area contributed by atoms with Crippen molar-refractivity contribution < 1.29 is 15.6 Å². The molecule has 0 N–H and O–H groups in total. The van der Waals surface area contributed by atoms with Crippen molar-refractivity contribution in [2.45, 2.75) is 27.6 Å². The Bertz CT molecular complexity index is 2010. The van der Waals surface area contributed by atoms with E-state index in [1.165, 1.54) is 72.2 Å². The van der Waals surface area contributed by atoms with E-state index in [-0.39, 0.29) is 7.25 Å². The van der Waals surface area contributed by atoms with Gasteiger partial charge >= 0.3 is 304 Å². The van der Waals surface area contributed by atoms with Crippen LogP contribution < -0.4 is 15.0 Å². The first-order chi connectivity index (χ1) is 23.4. The minimum absolute atomic E-state index is 0.00125. The van der Waals surface area contributed by atoms with Gasteiger partial charge in [0.25, 0.3) is 0 Å². The first-order valence-corrected chi connectivity index (χ1v) is 32.9. The fourth-order valence-electron chi connectivity index (χ4n) is 8.70. The number of nitrogens with zero attached hydrogens (tertiary/aromatic N) is 2. The summed E-state index contributed by atoms with van der Waals surface area (Å²) < 4.78 is -0.00250. The van der Waals surface area contributed by atoms with Gasteiger partial charge in [-0.1, -0.05) is 0 Å². The zero-order valence-electron chi connectivity index (χ0n) is 29.5. The van der Waals surface area contributed by atoms with E-state index in [1.54, 1.807) is 0 Å². The van der Waals surface area contributed by atoms with Crippen molar-refractivity contribution in [2.75, 3.05) is 38.0 Å². The van der Waals surface area contributed by atoms with Gasteiger partial charge in [0.05, 0.1) is 0 Å². The Morgan fingerprint density at radius 3 is 1.41 bits per heavy atom. The quantitative estimate of drug-likeness (QED) is 0.145. The molecule has 0 heterocycles. The maximum absolute atomic E-state index is 8.81. The van der Waals surface area contributed by atoms with Crippen LogP contribution in [0.5, 0.6) is 0 Å². The van der Waals surface area contributed by atoms with Crippen LogP contribution in [-0.2, 0) is 15.6 Å². The van der Waals surface area contributed by atoms with E-state index in [9.17, 15) is 0 Å².